The van der Waals surface area contributed by atoms with Crippen LogP contribution in [0.4, 0.5) is 0 Å². The zero-order valence-corrected chi connectivity index (χ0v) is 17.2. The summed E-state index contributed by atoms with van der Waals surface area (Å²) in [6, 6.07) is 10.3. The van der Waals surface area contributed by atoms with Crippen LogP contribution < -0.4 is 15.6 Å². The Balaban J connectivity index is 1.63. The average molecular weight is 408 g/mol. The number of para-hydroxylation sites is 1. The van der Waals surface area contributed by atoms with Gasteiger partial charge >= 0.3 is 0 Å². The first-order chi connectivity index (χ1) is 14.5. The molecule has 4 rings (SSSR count). The molecule has 0 aliphatic heterocycles. The number of aromatic nitrogens is 3. The molecular weight excluding hydrogens is 384 g/mol. The lowest BCUT2D eigenvalue weighted by Crippen LogP contribution is -2.38. The Morgan fingerprint density at radius 3 is 2.80 bits per heavy atom. The second-order valence-electron chi connectivity index (χ2n) is 6.99. The van der Waals surface area contributed by atoms with Crippen LogP contribution in [0.2, 0.25) is 0 Å². The van der Waals surface area contributed by atoms with Gasteiger partial charge in [-0.3, -0.25) is 14.0 Å². The highest BCUT2D eigenvalue weighted by molar-refractivity contribution is 5.83. The third kappa shape index (κ3) is 3.34. The minimum absolute atomic E-state index is 0.294. The maximum Gasteiger partial charge on any atom is 0.291 e. The van der Waals surface area contributed by atoms with Gasteiger partial charge in [0.05, 0.1) is 18.4 Å². The lowest BCUT2D eigenvalue weighted by atomic mass is 10.2. The molecule has 0 fully saturated rings. The number of rotatable bonds is 7. The van der Waals surface area contributed by atoms with E-state index in [0.29, 0.717) is 36.5 Å². The van der Waals surface area contributed by atoms with E-state index in [2.05, 4.69) is 10.4 Å². The van der Waals surface area contributed by atoms with Crippen molar-refractivity contribution >= 4 is 22.5 Å². The summed E-state index contributed by atoms with van der Waals surface area (Å²) in [5.41, 5.74) is 2.39. The summed E-state index contributed by atoms with van der Waals surface area (Å²) in [6.07, 6.45) is 2.18. The van der Waals surface area contributed by atoms with E-state index in [4.69, 9.17) is 9.15 Å². The molecule has 3 aromatic heterocycles. The number of ether oxygens (including phenoxy) is 1. The van der Waals surface area contributed by atoms with Crippen molar-refractivity contribution < 1.29 is 13.9 Å². The highest BCUT2D eigenvalue weighted by atomic mass is 16.5. The number of benzene rings is 1. The van der Waals surface area contributed by atoms with Gasteiger partial charge in [-0.2, -0.15) is 5.10 Å². The number of hydrogen-bond donors (Lipinski definition) is 1. The second-order valence-corrected chi connectivity index (χ2v) is 6.99. The highest BCUT2D eigenvalue weighted by Gasteiger charge is 2.22. The predicted octanol–water partition coefficient (Wildman–Crippen LogP) is 3.08. The molecular formula is C22H24N4O4. The number of carbonyl (C=O) groups excluding carboxylic acids is 1. The fourth-order valence-corrected chi connectivity index (χ4v) is 3.57. The van der Waals surface area contributed by atoms with Gasteiger partial charge in [-0.1, -0.05) is 25.1 Å². The number of nitrogens with one attached hydrogen (secondary N) is 1. The maximum atomic E-state index is 13.1. The largest absolute Gasteiger partial charge is 0.494 e. The van der Waals surface area contributed by atoms with Crippen molar-refractivity contribution in [2.45, 2.75) is 39.8 Å². The molecule has 1 amide bonds. The van der Waals surface area contributed by atoms with Crippen molar-refractivity contribution in [3.63, 3.8) is 0 Å². The summed E-state index contributed by atoms with van der Waals surface area (Å²) in [6.45, 7) is 6.38. The van der Waals surface area contributed by atoms with Crippen molar-refractivity contribution in [2.75, 3.05) is 6.61 Å². The van der Waals surface area contributed by atoms with Gasteiger partial charge in [-0.15, -0.1) is 0 Å². The Morgan fingerprint density at radius 1 is 1.23 bits per heavy atom. The van der Waals surface area contributed by atoms with Crippen molar-refractivity contribution in [3.05, 3.63) is 64.4 Å². The zero-order chi connectivity index (χ0) is 21.3. The first-order valence-corrected chi connectivity index (χ1v) is 10.0. The summed E-state index contributed by atoms with van der Waals surface area (Å²) < 4.78 is 14.1. The number of fused-ring (bicyclic) bond motifs is 3. The molecule has 0 aliphatic carbocycles. The SMILES string of the molecule is CCOc1ccccc1CNC(=O)[C@H](C)n1nc(CC)n2c(cc3occc32)c1=O. The van der Waals surface area contributed by atoms with Crippen molar-refractivity contribution in [1.29, 1.82) is 0 Å². The number of furan rings is 1. The normalized spacial score (nSPS) is 12.4. The lowest BCUT2D eigenvalue weighted by Gasteiger charge is -2.17. The molecule has 4 aromatic rings. The third-order valence-electron chi connectivity index (χ3n) is 5.12. The molecule has 0 aliphatic rings. The molecule has 0 unspecified atom stereocenters. The van der Waals surface area contributed by atoms with Crippen LogP contribution in [0, 0.1) is 0 Å². The monoisotopic (exact) mass is 408 g/mol. The molecule has 0 radical (unpaired) electrons. The van der Waals surface area contributed by atoms with Gasteiger partial charge < -0.3 is 14.5 Å². The summed E-state index contributed by atoms with van der Waals surface area (Å²) >= 11 is 0. The molecule has 3 heterocycles. The van der Waals surface area contributed by atoms with Crippen molar-refractivity contribution in [2.24, 2.45) is 0 Å². The second kappa shape index (κ2) is 8.06. The number of carbonyl (C=O) groups is 1. The van der Waals surface area contributed by atoms with Crippen molar-refractivity contribution in [1.82, 2.24) is 19.5 Å². The molecule has 0 saturated carbocycles. The number of amides is 1. The predicted molar refractivity (Wildman–Crippen MR) is 113 cm³/mol. The van der Waals surface area contributed by atoms with Gasteiger partial charge in [0, 0.05) is 30.7 Å². The minimum Gasteiger partial charge on any atom is -0.494 e. The van der Waals surface area contributed by atoms with Gasteiger partial charge in [0.2, 0.25) is 5.91 Å². The molecule has 1 aromatic carbocycles. The topological polar surface area (TPSA) is 90.8 Å². The minimum atomic E-state index is -0.770. The number of hydrogen-bond acceptors (Lipinski definition) is 5. The first-order valence-electron chi connectivity index (χ1n) is 10.0. The number of aryl methyl sites for hydroxylation is 1. The standard InChI is InChI=1S/C22H24N4O4/c1-4-20-24-26(22(28)17-12-19-16(25(17)20)10-11-30-19)14(3)21(27)23-13-15-8-6-7-9-18(15)29-5-2/h6-12,14H,4-5,13H2,1-3H3,(H,23,27)/t14-/m0/s1. The fourth-order valence-electron chi connectivity index (χ4n) is 3.57. The van der Waals surface area contributed by atoms with Gasteiger partial charge in [-0.05, 0) is 19.9 Å². The van der Waals surface area contributed by atoms with E-state index in [9.17, 15) is 9.59 Å². The molecule has 0 spiro atoms. The van der Waals surface area contributed by atoms with Crippen LogP contribution in [0.3, 0.4) is 0 Å². The summed E-state index contributed by atoms with van der Waals surface area (Å²) in [4.78, 5) is 25.9. The van der Waals surface area contributed by atoms with E-state index in [0.717, 1.165) is 16.8 Å². The quantitative estimate of drug-likeness (QED) is 0.507. The van der Waals surface area contributed by atoms with E-state index in [1.54, 1.807) is 29.7 Å². The molecule has 0 saturated heterocycles. The van der Waals surface area contributed by atoms with Crippen LogP contribution in [-0.2, 0) is 17.8 Å². The van der Waals surface area contributed by atoms with E-state index in [1.807, 2.05) is 38.1 Å². The van der Waals surface area contributed by atoms with Gasteiger partial charge in [-0.25, -0.2) is 4.68 Å². The molecule has 30 heavy (non-hydrogen) atoms. The van der Waals surface area contributed by atoms with E-state index in [1.165, 1.54) is 4.68 Å². The van der Waals surface area contributed by atoms with E-state index < -0.39 is 6.04 Å². The zero-order valence-electron chi connectivity index (χ0n) is 17.2. The Hall–Kier alpha value is -3.55. The van der Waals surface area contributed by atoms with Crippen LogP contribution in [0.15, 0.2) is 51.9 Å². The van der Waals surface area contributed by atoms with Gasteiger partial charge in [0.25, 0.3) is 5.56 Å². The summed E-state index contributed by atoms with van der Waals surface area (Å²) in [5.74, 6) is 1.12. The van der Waals surface area contributed by atoms with Crippen LogP contribution in [-0.4, -0.2) is 26.7 Å². The summed E-state index contributed by atoms with van der Waals surface area (Å²) in [7, 11) is 0. The van der Waals surface area contributed by atoms with Gasteiger partial charge in [0.1, 0.15) is 23.1 Å². The van der Waals surface area contributed by atoms with E-state index >= 15 is 0 Å². The molecule has 8 nitrogen and oxygen atoms in total. The van der Waals surface area contributed by atoms with Gasteiger partial charge in [0.15, 0.2) is 5.58 Å². The Morgan fingerprint density at radius 2 is 2.03 bits per heavy atom. The highest BCUT2D eigenvalue weighted by Crippen LogP contribution is 2.21. The van der Waals surface area contributed by atoms with Crippen LogP contribution in [0.5, 0.6) is 5.75 Å². The number of nitrogens with zero attached hydrogens (tertiary/aromatic N) is 3. The fraction of sp³-hybridized carbons (Fsp3) is 0.318. The molecule has 1 atom stereocenters. The van der Waals surface area contributed by atoms with Crippen LogP contribution >= 0.6 is 0 Å². The first kappa shape index (κ1) is 19.8. The molecule has 1 N–H and O–H groups in total. The Kier molecular flexibility index (Phi) is 5.31. The van der Waals surface area contributed by atoms with Crippen LogP contribution in [0.1, 0.15) is 38.2 Å². The van der Waals surface area contributed by atoms with Crippen molar-refractivity contribution in [3.8, 4) is 5.75 Å². The molecule has 8 heteroatoms. The van der Waals surface area contributed by atoms with Crippen LogP contribution in [0.25, 0.3) is 16.6 Å². The molecule has 0 bridgehead atoms. The average Bonchev–Trinajstić information content (AvgIpc) is 3.35. The Bertz CT molecular complexity index is 1270. The maximum absolute atomic E-state index is 13.1. The lowest BCUT2D eigenvalue weighted by molar-refractivity contribution is -0.124. The Labute approximate surface area is 173 Å². The van der Waals surface area contributed by atoms with E-state index in [-0.39, 0.29) is 11.5 Å². The smallest absolute Gasteiger partial charge is 0.291 e. The molecule has 156 valence electrons. The third-order valence-corrected chi connectivity index (χ3v) is 5.12. The summed E-state index contributed by atoms with van der Waals surface area (Å²) in [5, 5.41) is 7.37.